The number of pyridine rings is 1. The number of aliphatic hydroxyl groups is 1. The number of rotatable bonds is 3. The first-order chi connectivity index (χ1) is 12.7. The summed E-state index contributed by atoms with van der Waals surface area (Å²) in [7, 11) is 0. The predicted octanol–water partition coefficient (Wildman–Crippen LogP) is 3.11. The van der Waals surface area contributed by atoms with Crippen molar-refractivity contribution in [3.8, 4) is 5.75 Å². The van der Waals surface area contributed by atoms with Gasteiger partial charge in [0, 0.05) is 16.2 Å². The van der Waals surface area contributed by atoms with Gasteiger partial charge in [-0.3, -0.25) is 4.98 Å². The van der Waals surface area contributed by atoms with E-state index >= 15 is 0 Å². The maximum Gasteiger partial charge on any atom is 0.358 e. The van der Waals surface area contributed by atoms with Crippen LogP contribution in [0.1, 0.15) is 19.5 Å². The average Bonchev–Trinajstić information content (AvgIpc) is 2.62. The Hall–Kier alpha value is -2.05. The first-order valence-electron chi connectivity index (χ1n) is 8.24. The second kappa shape index (κ2) is 9.24. The summed E-state index contributed by atoms with van der Waals surface area (Å²) in [5.74, 6) is 0.0278. The van der Waals surface area contributed by atoms with Gasteiger partial charge in [0.25, 0.3) is 0 Å². The summed E-state index contributed by atoms with van der Waals surface area (Å²) in [5, 5.41) is 30.1. The molecular weight excluding hydrogens is 384 g/mol. The lowest BCUT2D eigenvalue weighted by Crippen LogP contribution is -2.42. The summed E-state index contributed by atoms with van der Waals surface area (Å²) in [4.78, 5) is 3.85. The first kappa shape index (κ1) is 21.3. The maximum atomic E-state index is 10.1. The molecule has 0 amide bonds. The third kappa shape index (κ3) is 6.26. The fourth-order valence-corrected chi connectivity index (χ4v) is 2.60. The topological polar surface area (TPSA) is 73.6 Å². The minimum absolute atomic E-state index is 0.0278. The predicted molar refractivity (Wildman–Crippen MR) is 111 cm³/mol. The molecule has 0 aliphatic carbocycles. The van der Waals surface area contributed by atoms with Crippen molar-refractivity contribution in [2.75, 3.05) is 0 Å². The molecule has 0 radical (unpaired) electrons. The monoisotopic (exact) mass is 403 g/mol. The zero-order valence-electron chi connectivity index (χ0n) is 15.0. The van der Waals surface area contributed by atoms with Crippen LogP contribution in [0.3, 0.4) is 0 Å². The van der Waals surface area contributed by atoms with Gasteiger partial charge in [0.05, 0.1) is 0 Å². The van der Waals surface area contributed by atoms with Crippen molar-refractivity contribution >= 4 is 41.0 Å². The van der Waals surface area contributed by atoms with E-state index in [1.165, 1.54) is 12.3 Å². The third-order valence-corrected chi connectivity index (χ3v) is 4.24. The lowest BCUT2D eigenvalue weighted by atomic mass is 9.56. The van der Waals surface area contributed by atoms with Crippen LogP contribution in [0.2, 0.25) is 10.0 Å². The molecule has 0 atom stereocenters. The van der Waals surface area contributed by atoms with Crippen molar-refractivity contribution < 1.29 is 15.2 Å². The van der Waals surface area contributed by atoms with Gasteiger partial charge in [0.1, 0.15) is 17.0 Å². The molecule has 0 aliphatic heterocycles. The van der Waals surface area contributed by atoms with Crippen LogP contribution in [0.15, 0.2) is 66.9 Å². The fraction of sp³-hybridized carbons (Fsp3) is 0.150. The molecule has 1 aromatic heterocycles. The Morgan fingerprint density at radius 1 is 0.852 bits per heavy atom. The number of aromatic nitrogens is 1. The van der Waals surface area contributed by atoms with E-state index in [0.717, 1.165) is 10.9 Å². The summed E-state index contributed by atoms with van der Waals surface area (Å²) < 4.78 is 0. The maximum absolute atomic E-state index is 10.1. The van der Waals surface area contributed by atoms with Crippen molar-refractivity contribution in [3.05, 3.63) is 82.6 Å². The Morgan fingerprint density at radius 2 is 1.30 bits per heavy atom. The molecule has 4 nitrogen and oxygen atoms in total. The molecule has 0 saturated heterocycles. The van der Waals surface area contributed by atoms with E-state index in [2.05, 4.69) is 4.98 Å². The number of hydrogen-bond donors (Lipinski definition) is 3. The van der Waals surface area contributed by atoms with Crippen LogP contribution in [0.25, 0.3) is 0 Å². The molecular formula is C20H20BCl2NO3. The first-order valence-corrected chi connectivity index (χ1v) is 9.00. The summed E-state index contributed by atoms with van der Waals surface area (Å²) >= 11 is 11.6. The van der Waals surface area contributed by atoms with Crippen LogP contribution in [0.4, 0.5) is 0 Å². The lowest BCUT2D eigenvalue weighted by molar-refractivity contribution is 0.0709. The van der Waals surface area contributed by atoms with Crippen LogP contribution in [0, 0.1) is 0 Å². The quantitative estimate of drug-likeness (QED) is 0.587. The van der Waals surface area contributed by atoms with Gasteiger partial charge in [-0.15, -0.1) is 0 Å². The fourth-order valence-electron chi connectivity index (χ4n) is 2.35. The van der Waals surface area contributed by atoms with E-state index in [4.69, 9.17) is 23.2 Å². The van der Waals surface area contributed by atoms with Gasteiger partial charge in [0.2, 0.25) is 0 Å². The Morgan fingerprint density at radius 3 is 1.63 bits per heavy atom. The van der Waals surface area contributed by atoms with Crippen LogP contribution < -0.4 is 10.9 Å². The van der Waals surface area contributed by atoms with Gasteiger partial charge in [-0.05, 0) is 61.2 Å². The van der Waals surface area contributed by atoms with Crippen molar-refractivity contribution in [2.24, 2.45) is 0 Å². The zero-order chi connectivity index (χ0) is 20.0. The smallest absolute Gasteiger partial charge is 0.358 e. The van der Waals surface area contributed by atoms with Crippen LogP contribution >= 0.6 is 23.2 Å². The van der Waals surface area contributed by atoms with Crippen LogP contribution in [-0.2, 0) is 5.60 Å². The molecule has 0 fully saturated rings. The third-order valence-electron chi connectivity index (χ3n) is 3.74. The highest BCUT2D eigenvalue weighted by atomic mass is 35.5. The SMILES string of the molecule is CC(C)(O)c1ncccc1O.OB(c1ccc(Cl)cc1)c1ccc(Cl)cc1. The molecule has 3 aromatic rings. The summed E-state index contributed by atoms with van der Waals surface area (Å²) in [6, 6.07) is 17.4. The molecule has 0 spiro atoms. The Labute approximate surface area is 169 Å². The number of aromatic hydroxyl groups is 1. The molecule has 3 rings (SSSR count). The van der Waals surface area contributed by atoms with E-state index in [1.807, 2.05) is 24.3 Å². The summed E-state index contributed by atoms with van der Waals surface area (Å²) in [6.07, 6.45) is 1.53. The Balaban J connectivity index is 0.000000208. The van der Waals surface area contributed by atoms with Gasteiger partial charge in [0.15, 0.2) is 0 Å². The number of halogens is 2. The normalized spacial score (nSPS) is 10.7. The molecule has 2 aromatic carbocycles. The molecule has 0 unspecified atom stereocenters. The van der Waals surface area contributed by atoms with Crippen molar-refractivity contribution in [3.63, 3.8) is 0 Å². The molecule has 7 heteroatoms. The standard InChI is InChI=1S/C12H9BCl2O.C8H11NO2/c14-11-5-1-9(2-6-11)13(16)10-3-7-12(15)8-4-10;1-8(2,11)7-6(10)4-3-5-9-7/h1-8,16H;3-5,10-11H,1-2H3. The summed E-state index contributed by atoms with van der Waals surface area (Å²) in [5.41, 5.74) is 0.851. The van der Waals surface area contributed by atoms with E-state index in [0.29, 0.717) is 15.7 Å². The molecule has 0 bridgehead atoms. The molecule has 140 valence electrons. The molecule has 3 N–H and O–H groups in total. The zero-order valence-corrected chi connectivity index (χ0v) is 16.5. The number of nitrogens with zero attached hydrogens (tertiary/aromatic N) is 1. The highest BCUT2D eigenvalue weighted by molar-refractivity contribution is 6.78. The second-order valence-corrected chi connectivity index (χ2v) is 7.31. The summed E-state index contributed by atoms with van der Waals surface area (Å²) in [6.45, 7) is 2.51. The van der Waals surface area contributed by atoms with E-state index in [-0.39, 0.29) is 5.75 Å². The highest BCUT2D eigenvalue weighted by Crippen LogP contribution is 2.25. The van der Waals surface area contributed by atoms with Gasteiger partial charge in [-0.25, -0.2) is 0 Å². The molecule has 0 saturated carbocycles. The van der Waals surface area contributed by atoms with Crippen LogP contribution in [0.5, 0.6) is 5.75 Å². The van der Waals surface area contributed by atoms with E-state index in [1.54, 1.807) is 44.2 Å². The van der Waals surface area contributed by atoms with Gasteiger partial charge in [-0.1, -0.05) is 47.5 Å². The minimum atomic E-state index is -1.08. The molecule has 1 heterocycles. The minimum Gasteiger partial charge on any atom is -0.506 e. The van der Waals surface area contributed by atoms with Crippen molar-refractivity contribution in [1.29, 1.82) is 0 Å². The van der Waals surface area contributed by atoms with E-state index < -0.39 is 12.5 Å². The Kier molecular flexibility index (Phi) is 7.28. The average molecular weight is 404 g/mol. The van der Waals surface area contributed by atoms with Gasteiger partial charge >= 0.3 is 6.92 Å². The number of hydrogen-bond acceptors (Lipinski definition) is 4. The van der Waals surface area contributed by atoms with Crippen LogP contribution in [-0.4, -0.2) is 27.1 Å². The van der Waals surface area contributed by atoms with Crippen molar-refractivity contribution in [2.45, 2.75) is 19.4 Å². The largest absolute Gasteiger partial charge is 0.506 e. The van der Waals surface area contributed by atoms with Gasteiger partial charge < -0.3 is 15.2 Å². The Bertz CT molecular complexity index is 820. The number of benzene rings is 2. The van der Waals surface area contributed by atoms with Gasteiger partial charge in [-0.2, -0.15) is 0 Å². The molecule has 0 aliphatic rings. The molecule has 27 heavy (non-hydrogen) atoms. The second-order valence-electron chi connectivity index (χ2n) is 6.44. The van der Waals surface area contributed by atoms with E-state index in [9.17, 15) is 15.2 Å². The highest BCUT2D eigenvalue weighted by Gasteiger charge is 2.20. The lowest BCUT2D eigenvalue weighted by Gasteiger charge is -2.16. The van der Waals surface area contributed by atoms with Crippen molar-refractivity contribution in [1.82, 2.24) is 4.98 Å².